The predicted octanol–water partition coefficient (Wildman–Crippen LogP) is 5.94. The average molecular weight is 567 g/mol. The third kappa shape index (κ3) is 6.08. The summed E-state index contributed by atoms with van der Waals surface area (Å²) in [6, 6.07) is 7.10. The molecular formula is C28H30Cl2F2N2O4. The van der Waals surface area contributed by atoms with Crippen molar-refractivity contribution in [2.45, 2.75) is 56.8 Å². The zero-order chi connectivity index (χ0) is 27.0. The number of carbonyl (C=O) groups is 2. The number of ether oxygens (including phenoxy) is 1. The van der Waals surface area contributed by atoms with Crippen LogP contribution in [0.4, 0.5) is 8.78 Å². The van der Waals surface area contributed by atoms with Gasteiger partial charge in [-0.1, -0.05) is 29.3 Å². The Hall–Kier alpha value is -2.42. The summed E-state index contributed by atoms with van der Waals surface area (Å²) >= 11 is 12.1. The zero-order valence-electron chi connectivity index (χ0n) is 20.8. The quantitative estimate of drug-likeness (QED) is 0.428. The molecule has 0 spiro atoms. The smallest absolute Gasteiger partial charge is 0.326 e. The fourth-order valence-corrected chi connectivity index (χ4v) is 5.71. The molecule has 2 unspecified atom stereocenters. The van der Waals surface area contributed by atoms with Gasteiger partial charge in [0.2, 0.25) is 0 Å². The standard InChI is InChI=1S/C28H30Cl2F2N2O4/c29-22-4-1-17(9-23(22)30)13-33-7-5-16(6-8-33)15-38-26-12-24(32)21(11-20(26)18-2-3-18)27(35)34-14-19(31)10-25(34)28(36)37/h1,4,9,11-12,16,18-19,25H,2-3,5-8,10,13-15H2,(H,36,37). The number of likely N-dealkylation sites (tertiary alicyclic amines) is 2. The number of carboxylic acid groups (broad SMARTS) is 1. The first-order valence-corrected chi connectivity index (χ1v) is 13.8. The number of carbonyl (C=O) groups excluding carboxylic acids is 1. The summed E-state index contributed by atoms with van der Waals surface area (Å²) in [7, 11) is 0. The summed E-state index contributed by atoms with van der Waals surface area (Å²) in [6.45, 7) is 2.70. The summed E-state index contributed by atoms with van der Waals surface area (Å²) in [4.78, 5) is 27.8. The molecule has 2 saturated heterocycles. The zero-order valence-corrected chi connectivity index (χ0v) is 22.4. The molecule has 0 bridgehead atoms. The highest BCUT2D eigenvalue weighted by molar-refractivity contribution is 6.42. The molecule has 38 heavy (non-hydrogen) atoms. The van der Waals surface area contributed by atoms with Gasteiger partial charge in [0, 0.05) is 19.0 Å². The molecule has 6 nitrogen and oxygen atoms in total. The maximum absolute atomic E-state index is 15.1. The van der Waals surface area contributed by atoms with Gasteiger partial charge in [0.15, 0.2) is 0 Å². The Morgan fingerprint density at radius 1 is 1.05 bits per heavy atom. The van der Waals surface area contributed by atoms with Crippen LogP contribution in [0.5, 0.6) is 5.75 Å². The average Bonchev–Trinajstić information content (AvgIpc) is 3.65. The first kappa shape index (κ1) is 27.2. The minimum Gasteiger partial charge on any atom is -0.493 e. The van der Waals surface area contributed by atoms with Crippen LogP contribution in [0.15, 0.2) is 30.3 Å². The number of piperidine rings is 1. The molecule has 2 heterocycles. The Labute approximate surface area is 230 Å². The van der Waals surface area contributed by atoms with E-state index >= 15 is 4.39 Å². The van der Waals surface area contributed by atoms with Crippen LogP contribution in [0, 0.1) is 11.7 Å². The second-order valence-corrected chi connectivity index (χ2v) is 11.4. The number of hydrogen-bond acceptors (Lipinski definition) is 4. The summed E-state index contributed by atoms with van der Waals surface area (Å²) in [6.07, 6.45) is 1.98. The fraction of sp³-hybridized carbons (Fsp3) is 0.500. The van der Waals surface area contributed by atoms with Crippen molar-refractivity contribution in [1.29, 1.82) is 0 Å². The second-order valence-electron chi connectivity index (χ2n) is 10.6. The van der Waals surface area contributed by atoms with Gasteiger partial charge in [-0.05, 0) is 79.9 Å². The number of benzene rings is 2. The number of rotatable bonds is 8. The Balaban J connectivity index is 1.21. The number of aliphatic carboxylic acids is 1. The van der Waals surface area contributed by atoms with E-state index in [4.69, 9.17) is 27.9 Å². The van der Waals surface area contributed by atoms with Gasteiger partial charge in [-0.25, -0.2) is 13.6 Å². The minimum atomic E-state index is -1.44. The van der Waals surface area contributed by atoms with Gasteiger partial charge in [-0.15, -0.1) is 0 Å². The normalized spacial score (nSPS) is 22.6. The minimum absolute atomic E-state index is 0.174. The van der Waals surface area contributed by atoms with Gasteiger partial charge in [0.1, 0.15) is 23.8 Å². The molecule has 1 amide bonds. The molecule has 10 heteroatoms. The number of halogens is 4. The summed E-state index contributed by atoms with van der Waals surface area (Å²) in [5.41, 5.74) is 1.64. The van der Waals surface area contributed by atoms with Crippen molar-refractivity contribution < 1.29 is 28.2 Å². The molecule has 1 N–H and O–H groups in total. The van der Waals surface area contributed by atoms with E-state index in [1.165, 1.54) is 12.1 Å². The predicted molar refractivity (Wildman–Crippen MR) is 140 cm³/mol. The molecule has 2 aromatic rings. The first-order chi connectivity index (χ1) is 18.2. The fourth-order valence-electron chi connectivity index (χ4n) is 5.39. The molecule has 3 aliphatic rings. The van der Waals surface area contributed by atoms with Gasteiger partial charge < -0.3 is 14.7 Å². The van der Waals surface area contributed by atoms with Crippen LogP contribution in [-0.2, 0) is 11.3 Å². The van der Waals surface area contributed by atoms with Gasteiger partial charge in [0.05, 0.1) is 28.8 Å². The number of alkyl halides is 1. The lowest BCUT2D eigenvalue weighted by Gasteiger charge is -2.32. The molecule has 2 aromatic carbocycles. The second kappa shape index (κ2) is 11.4. The van der Waals surface area contributed by atoms with Gasteiger partial charge in [-0.2, -0.15) is 0 Å². The largest absolute Gasteiger partial charge is 0.493 e. The van der Waals surface area contributed by atoms with E-state index in [9.17, 15) is 19.1 Å². The Kier molecular flexibility index (Phi) is 8.12. The Bertz CT molecular complexity index is 1220. The molecule has 2 atom stereocenters. The molecule has 1 saturated carbocycles. The van der Waals surface area contributed by atoms with Crippen LogP contribution in [0.1, 0.15) is 59.5 Å². The van der Waals surface area contributed by atoms with Gasteiger partial charge in [-0.3, -0.25) is 9.69 Å². The molecule has 204 valence electrons. The highest BCUT2D eigenvalue weighted by Crippen LogP contribution is 2.45. The lowest BCUT2D eigenvalue weighted by atomic mass is 9.97. The molecular weight excluding hydrogens is 537 g/mol. The van der Waals surface area contributed by atoms with E-state index < -0.39 is 29.9 Å². The van der Waals surface area contributed by atoms with Crippen molar-refractivity contribution in [3.05, 3.63) is 62.9 Å². The maximum Gasteiger partial charge on any atom is 0.326 e. The molecule has 0 aromatic heterocycles. The molecule has 0 radical (unpaired) electrons. The Morgan fingerprint density at radius 3 is 2.45 bits per heavy atom. The number of carboxylic acids is 1. The van der Waals surface area contributed by atoms with E-state index in [-0.39, 0.29) is 24.4 Å². The Morgan fingerprint density at radius 2 is 1.79 bits per heavy atom. The van der Waals surface area contributed by atoms with Crippen molar-refractivity contribution in [2.75, 3.05) is 26.2 Å². The summed E-state index contributed by atoms with van der Waals surface area (Å²) in [5.74, 6) is -1.94. The topological polar surface area (TPSA) is 70.1 Å². The van der Waals surface area contributed by atoms with E-state index in [1.54, 1.807) is 0 Å². The SMILES string of the molecule is O=C(O)C1CC(F)CN1C(=O)c1cc(C2CC2)c(OCC2CCN(Cc3ccc(Cl)c(Cl)c3)CC2)cc1F. The van der Waals surface area contributed by atoms with Crippen LogP contribution in [0.2, 0.25) is 10.0 Å². The lowest BCUT2D eigenvalue weighted by molar-refractivity contribution is -0.141. The van der Waals surface area contributed by atoms with E-state index in [0.29, 0.717) is 28.3 Å². The van der Waals surface area contributed by atoms with Crippen molar-refractivity contribution in [1.82, 2.24) is 9.80 Å². The number of amides is 1. The van der Waals surface area contributed by atoms with Crippen LogP contribution in [0.25, 0.3) is 0 Å². The molecule has 2 aliphatic heterocycles. The van der Waals surface area contributed by atoms with E-state index in [1.807, 2.05) is 18.2 Å². The third-order valence-corrected chi connectivity index (χ3v) is 8.45. The molecule has 1 aliphatic carbocycles. The van der Waals surface area contributed by atoms with Gasteiger partial charge >= 0.3 is 5.97 Å². The van der Waals surface area contributed by atoms with E-state index in [2.05, 4.69) is 4.90 Å². The highest BCUT2D eigenvalue weighted by Gasteiger charge is 2.41. The number of hydrogen-bond donors (Lipinski definition) is 1. The number of nitrogens with zero attached hydrogens (tertiary/aromatic N) is 2. The van der Waals surface area contributed by atoms with Crippen LogP contribution in [0.3, 0.4) is 0 Å². The van der Waals surface area contributed by atoms with Crippen molar-refractivity contribution in [2.24, 2.45) is 5.92 Å². The van der Waals surface area contributed by atoms with Crippen LogP contribution < -0.4 is 4.74 Å². The highest BCUT2D eigenvalue weighted by atomic mass is 35.5. The first-order valence-electron chi connectivity index (χ1n) is 13.0. The third-order valence-electron chi connectivity index (χ3n) is 7.71. The van der Waals surface area contributed by atoms with Crippen LogP contribution in [-0.4, -0.2) is 65.2 Å². The van der Waals surface area contributed by atoms with E-state index in [0.717, 1.165) is 61.3 Å². The lowest BCUT2D eigenvalue weighted by Crippen LogP contribution is -2.41. The molecule has 5 rings (SSSR count). The summed E-state index contributed by atoms with van der Waals surface area (Å²) in [5, 5.41) is 10.5. The van der Waals surface area contributed by atoms with Crippen molar-refractivity contribution >= 4 is 35.1 Å². The van der Waals surface area contributed by atoms with Crippen LogP contribution >= 0.6 is 23.2 Å². The summed E-state index contributed by atoms with van der Waals surface area (Å²) < 4.78 is 35.1. The monoisotopic (exact) mass is 566 g/mol. The van der Waals surface area contributed by atoms with Crippen molar-refractivity contribution in [3.63, 3.8) is 0 Å². The van der Waals surface area contributed by atoms with Crippen molar-refractivity contribution in [3.8, 4) is 5.75 Å². The maximum atomic E-state index is 15.1. The van der Waals surface area contributed by atoms with Gasteiger partial charge in [0.25, 0.3) is 5.91 Å². The molecule has 3 fully saturated rings.